The van der Waals surface area contributed by atoms with Crippen LogP contribution in [0.3, 0.4) is 0 Å². The summed E-state index contributed by atoms with van der Waals surface area (Å²) in [6.45, 7) is 2.42. The summed E-state index contributed by atoms with van der Waals surface area (Å²) in [7, 11) is 0. The fourth-order valence-corrected chi connectivity index (χ4v) is 9.43. The molecule has 0 bridgehead atoms. The van der Waals surface area contributed by atoms with Crippen molar-refractivity contribution >= 4 is 21.7 Å². The third-order valence-electron chi connectivity index (χ3n) is 12.0. The molecule has 11 rings (SSSR count). The normalized spacial score (nSPS) is 14.6. The Morgan fingerprint density at radius 3 is 1.67 bits per heavy atom. The molecule has 0 radical (unpaired) electrons. The van der Waals surface area contributed by atoms with Gasteiger partial charge in [0.1, 0.15) is 0 Å². The second kappa shape index (κ2) is 14.0. The Balaban J connectivity index is 1.22. The maximum Gasteiger partial charge on any atom is 0.160 e. The minimum Gasteiger partial charge on any atom is -0.313 e. The summed E-state index contributed by atoms with van der Waals surface area (Å²) in [6.07, 6.45) is 0. The van der Waals surface area contributed by atoms with Crippen LogP contribution in [0.2, 0.25) is 0 Å². The first kappa shape index (κ1) is 33.9. The molecule has 1 aliphatic carbocycles. The summed E-state index contributed by atoms with van der Waals surface area (Å²) in [4.78, 5) is 10.5. The number of fused-ring (bicyclic) bond motifs is 7. The van der Waals surface area contributed by atoms with Crippen molar-refractivity contribution < 1.29 is 0 Å². The Morgan fingerprint density at radius 1 is 0.448 bits per heavy atom. The highest BCUT2D eigenvalue weighted by Crippen LogP contribution is 2.55. The number of rotatable bonds is 6. The molecule has 0 saturated carbocycles. The van der Waals surface area contributed by atoms with E-state index in [0.717, 1.165) is 33.8 Å². The molecule has 3 heteroatoms. The zero-order chi connectivity index (χ0) is 38.6. The first-order valence-electron chi connectivity index (χ1n) is 20.1. The van der Waals surface area contributed by atoms with E-state index in [1.807, 2.05) is 12.1 Å². The van der Waals surface area contributed by atoms with Gasteiger partial charge in [-0.1, -0.05) is 189 Å². The van der Waals surface area contributed by atoms with Gasteiger partial charge in [-0.25, -0.2) is 9.97 Å². The second-order valence-corrected chi connectivity index (χ2v) is 15.3. The molecule has 0 saturated heterocycles. The van der Waals surface area contributed by atoms with Crippen LogP contribution in [0.1, 0.15) is 35.6 Å². The predicted molar refractivity (Wildman–Crippen MR) is 240 cm³/mol. The van der Waals surface area contributed by atoms with Crippen LogP contribution in [0.15, 0.2) is 206 Å². The molecular formula is C55H39N3. The maximum absolute atomic E-state index is 5.24. The van der Waals surface area contributed by atoms with Gasteiger partial charge in [0.05, 0.1) is 16.9 Å². The van der Waals surface area contributed by atoms with E-state index in [9.17, 15) is 0 Å². The highest BCUT2D eigenvalue weighted by molar-refractivity contribution is 6.20. The number of benzene rings is 8. The van der Waals surface area contributed by atoms with Gasteiger partial charge in [0.15, 0.2) is 5.82 Å². The van der Waals surface area contributed by atoms with Crippen molar-refractivity contribution in [1.29, 1.82) is 0 Å². The smallest absolute Gasteiger partial charge is 0.160 e. The van der Waals surface area contributed by atoms with Crippen LogP contribution in [-0.4, -0.2) is 14.5 Å². The van der Waals surface area contributed by atoms with Crippen molar-refractivity contribution in [2.24, 2.45) is 0 Å². The van der Waals surface area contributed by atoms with Gasteiger partial charge in [-0.15, -0.1) is 0 Å². The van der Waals surface area contributed by atoms with Crippen LogP contribution in [0.25, 0.3) is 83.5 Å². The van der Waals surface area contributed by atoms with E-state index < -0.39 is 0 Å². The summed E-state index contributed by atoms with van der Waals surface area (Å²) in [5.41, 5.74) is 16.2. The lowest BCUT2D eigenvalue weighted by Crippen LogP contribution is -2.19. The van der Waals surface area contributed by atoms with Gasteiger partial charge in [-0.05, 0) is 62.9 Å². The van der Waals surface area contributed by atoms with Crippen LogP contribution in [0.4, 0.5) is 0 Å². The van der Waals surface area contributed by atoms with Crippen LogP contribution in [0, 0.1) is 0 Å². The molecule has 0 N–H and O–H groups in total. The van der Waals surface area contributed by atoms with Crippen LogP contribution in [-0.2, 0) is 0 Å². The van der Waals surface area contributed by atoms with E-state index in [0.29, 0.717) is 5.82 Å². The van der Waals surface area contributed by atoms with Crippen molar-refractivity contribution in [3.05, 3.63) is 223 Å². The first-order chi connectivity index (χ1) is 28.7. The largest absolute Gasteiger partial charge is 0.313 e. The summed E-state index contributed by atoms with van der Waals surface area (Å²) >= 11 is 0. The standard InChI is InChI=1S/C55H39N3/c1-36-51(40-25-12-5-13-26-40)45-31-16-17-32-46(45)53-52-44-30-15-14-29-43(44)47(37-19-6-2-7-20-37)34-50(52)58(54(36)53)42-28-18-27-41(33-42)55-56-48(38-21-8-3-9-22-38)35-49(57-55)39-23-10-4-11-24-39/h2-36,51H,1H3. The molecule has 274 valence electrons. The Hall–Kier alpha value is -7.36. The fraction of sp³-hybridized carbons (Fsp3) is 0.0545. The quantitative estimate of drug-likeness (QED) is 0.170. The highest BCUT2D eigenvalue weighted by Gasteiger charge is 2.37. The lowest BCUT2D eigenvalue weighted by atomic mass is 9.71. The summed E-state index contributed by atoms with van der Waals surface area (Å²) in [5.74, 6) is 1.03. The Labute approximate surface area is 338 Å². The minimum absolute atomic E-state index is 0.157. The van der Waals surface area contributed by atoms with Gasteiger partial charge in [0.25, 0.3) is 0 Å². The van der Waals surface area contributed by atoms with Crippen molar-refractivity contribution in [2.75, 3.05) is 0 Å². The second-order valence-electron chi connectivity index (χ2n) is 15.3. The summed E-state index contributed by atoms with van der Waals surface area (Å²) in [6, 6.07) is 74.1. The van der Waals surface area contributed by atoms with E-state index in [1.54, 1.807) is 0 Å². The third-order valence-corrected chi connectivity index (χ3v) is 12.0. The number of nitrogens with zero attached hydrogens (tertiary/aromatic N) is 3. The average Bonchev–Trinajstić information content (AvgIpc) is 3.66. The zero-order valence-corrected chi connectivity index (χ0v) is 32.1. The monoisotopic (exact) mass is 741 g/mol. The predicted octanol–water partition coefficient (Wildman–Crippen LogP) is 14.2. The Morgan fingerprint density at radius 2 is 1.00 bits per heavy atom. The molecule has 2 atom stereocenters. The Kier molecular flexibility index (Phi) is 8.18. The maximum atomic E-state index is 5.24. The van der Waals surface area contributed by atoms with E-state index in [1.165, 1.54) is 60.8 Å². The van der Waals surface area contributed by atoms with E-state index in [-0.39, 0.29) is 11.8 Å². The zero-order valence-electron chi connectivity index (χ0n) is 32.1. The molecule has 2 unspecified atom stereocenters. The van der Waals surface area contributed by atoms with Gasteiger partial charge < -0.3 is 4.57 Å². The topological polar surface area (TPSA) is 30.7 Å². The van der Waals surface area contributed by atoms with Crippen LogP contribution >= 0.6 is 0 Å². The van der Waals surface area contributed by atoms with Crippen LogP contribution < -0.4 is 0 Å². The summed E-state index contributed by atoms with van der Waals surface area (Å²) < 4.78 is 2.56. The fourth-order valence-electron chi connectivity index (χ4n) is 9.43. The van der Waals surface area contributed by atoms with Crippen molar-refractivity contribution in [3.63, 3.8) is 0 Å². The molecule has 1 aliphatic rings. The van der Waals surface area contributed by atoms with Crippen molar-refractivity contribution in [3.8, 4) is 61.8 Å². The molecule has 0 spiro atoms. The number of hydrogen-bond donors (Lipinski definition) is 0. The van der Waals surface area contributed by atoms with Gasteiger partial charge >= 0.3 is 0 Å². The van der Waals surface area contributed by atoms with E-state index >= 15 is 0 Å². The SMILES string of the molecule is CC1c2c(c3c4ccccc4c(-c4ccccc4)cc3n2-c2cccc(-c3nc(-c4ccccc4)cc(-c4ccccc4)n3)c2)-c2ccccc2C1c1ccccc1. The highest BCUT2D eigenvalue weighted by atomic mass is 15.0. The Bertz CT molecular complexity index is 3060. The van der Waals surface area contributed by atoms with Gasteiger partial charge in [0.2, 0.25) is 0 Å². The van der Waals surface area contributed by atoms with Crippen molar-refractivity contribution in [2.45, 2.75) is 18.8 Å². The lowest BCUT2D eigenvalue weighted by molar-refractivity contribution is 0.622. The lowest BCUT2D eigenvalue weighted by Gasteiger charge is -2.34. The van der Waals surface area contributed by atoms with Gasteiger partial charge in [-0.2, -0.15) is 0 Å². The molecule has 0 amide bonds. The van der Waals surface area contributed by atoms with E-state index in [2.05, 4.69) is 206 Å². The molecule has 10 aromatic rings. The van der Waals surface area contributed by atoms with E-state index in [4.69, 9.17) is 9.97 Å². The first-order valence-corrected chi connectivity index (χ1v) is 20.1. The van der Waals surface area contributed by atoms with Crippen molar-refractivity contribution in [1.82, 2.24) is 14.5 Å². The molecule has 3 nitrogen and oxygen atoms in total. The molecule has 0 fully saturated rings. The third kappa shape index (κ3) is 5.58. The molecule has 58 heavy (non-hydrogen) atoms. The van der Waals surface area contributed by atoms with Gasteiger partial charge in [-0.3, -0.25) is 0 Å². The number of aromatic nitrogens is 3. The number of hydrogen-bond acceptors (Lipinski definition) is 2. The molecule has 0 aliphatic heterocycles. The molecule has 2 heterocycles. The van der Waals surface area contributed by atoms with Crippen LogP contribution in [0.5, 0.6) is 0 Å². The average molecular weight is 742 g/mol. The summed E-state index contributed by atoms with van der Waals surface area (Å²) in [5, 5.41) is 3.80. The molecular weight excluding hydrogens is 703 g/mol. The molecule has 2 aromatic heterocycles. The minimum atomic E-state index is 0.157. The molecule has 8 aromatic carbocycles. The van der Waals surface area contributed by atoms with Gasteiger partial charge in [0, 0.05) is 50.9 Å².